The number of rotatable bonds is 2. The average Bonchev–Trinajstić information content (AvgIpc) is 1.95. The van der Waals surface area contributed by atoms with E-state index in [9.17, 15) is 0 Å². The van der Waals surface area contributed by atoms with Crippen molar-refractivity contribution in [3.05, 3.63) is 36.5 Å². The van der Waals surface area contributed by atoms with E-state index < -0.39 is 0 Å². The van der Waals surface area contributed by atoms with Crippen LogP contribution >= 0.6 is 0 Å². The van der Waals surface area contributed by atoms with E-state index in [0.29, 0.717) is 0 Å². The molecule has 0 bridgehead atoms. The predicted octanol–water partition coefficient (Wildman–Crippen LogP) is -1.04. The second-order valence-electron chi connectivity index (χ2n) is 2.33. The van der Waals surface area contributed by atoms with Crippen molar-refractivity contribution < 1.29 is 18.9 Å². The molecule has 1 aromatic heterocycles. The minimum absolute atomic E-state index is 0. The van der Waals surface area contributed by atoms with Crippen molar-refractivity contribution >= 4 is 0 Å². The summed E-state index contributed by atoms with van der Waals surface area (Å²) >= 11 is 0. The average molecular weight is 140 g/mol. The Morgan fingerprint density at radius 2 is 2.27 bits per heavy atom. The number of hydrogen-bond donors (Lipinski definition) is 0. The first-order valence-electron chi connectivity index (χ1n) is 3.46. The van der Waals surface area contributed by atoms with Crippen molar-refractivity contribution in [2.24, 2.45) is 0 Å². The van der Waals surface area contributed by atoms with Gasteiger partial charge >= 0.3 is 18.9 Å². The standard InChI is InChI=1S/C9H11N.Li/c1-3-4-9-6-5-8(2)10-7-9;/h5-6H,1,3-4H2,2H3;/q-2;+1. The van der Waals surface area contributed by atoms with Crippen molar-refractivity contribution in [2.75, 3.05) is 0 Å². The van der Waals surface area contributed by atoms with Crippen molar-refractivity contribution in [3.8, 4) is 0 Å². The van der Waals surface area contributed by atoms with Gasteiger partial charge in [-0.2, -0.15) is 18.6 Å². The van der Waals surface area contributed by atoms with Crippen LogP contribution in [-0.2, 0) is 6.42 Å². The molecule has 0 aliphatic rings. The number of nitrogens with zero attached hydrogens (tertiary/aromatic N) is 1. The maximum Gasteiger partial charge on any atom is 1.00 e. The molecule has 11 heavy (non-hydrogen) atoms. The Morgan fingerprint density at radius 1 is 1.55 bits per heavy atom. The van der Waals surface area contributed by atoms with Crippen LogP contribution in [0.5, 0.6) is 0 Å². The van der Waals surface area contributed by atoms with E-state index in [1.165, 1.54) is 0 Å². The molecule has 0 aliphatic carbocycles. The molecule has 1 heterocycles. The fourth-order valence-electron chi connectivity index (χ4n) is 0.785. The largest absolute Gasteiger partial charge is 1.00 e. The van der Waals surface area contributed by atoms with Crippen LogP contribution in [0, 0.1) is 20.0 Å². The van der Waals surface area contributed by atoms with Crippen LogP contribution in [0.3, 0.4) is 0 Å². The molecule has 0 amide bonds. The Morgan fingerprint density at radius 3 is 2.73 bits per heavy atom. The smallest absolute Gasteiger partial charge is 0.391 e. The molecule has 0 unspecified atom stereocenters. The van der Waals surface area contributed by atoms with E-state index in [4.69, 9.17) is 0 Å². The Labute approximate surface area is 80.4 Å². The van der Waals surface area contributed by atoms with Gasteiger partial charge in [-0.3, -0.25) is 0 Å². The summed E-state index contributed by atoms with van der Waals surface area (Å²) in [4.78, 5) is 4.04. The second kappa shape index (κ2) is 5.40. The summed E-state index contributed by atoms with van der Waals surface area (Å²) < 4.78 is 0. The van der Waals surface area contributed by atoms with Crippen molar-refractivity contribution in [1.82, 2.24) is 4.98 Å². The topological polar surface area (TPSA) is 12.9 Å². The third-order valence-electron chi connectivity index (χ3n) is 1.35. The van der Waals surface area contributed by atoms with Crippen LogP contribution in [0.2, 0.25) is 0 Å². The second-order valence-corrected chi connectivity index (χ2v) is 2.33. The molecule has 1 rings (SSSR count). The predicted molar refractivity (Wildman–Crippen MR) is 41.5 cm³/mol. The minimum atomic E-state index is 0. The molecule has 2 heteroatoms. The van der Waals surface area contributed by atoms with Gasteiger partial charge in [-0.15, -0.1) is 5.56 Å². The Kier molecular flexibility index (Phi) is 5.28. The van der Waals surface area contributed by atoms with Gasteiger partial charge in [0.15, 0.2) is 0 Å². The van der Waals surface area contributed by atoms with Crippen LogP contribution in [-0.4, -0.2) is 4.98 Å². The number of aryl methyl sites for hydroxylation is 2. The van der Waals surface area contributed by atoms with E-state index in [1.54, 1.807) is 0 Å². The van der Waals surface area contributed by atoms with Gasteiger partial charge in [0.2, 0.25) is 0 Å². The van der Waals surface area contributed by atoms with Crippen LogP contribution in [0.15, 0.2) is 12.1 Å². The van der Waals surface area contributed by atoms with E-state index in [0.717, 1.165) is 24.1 Å². The molecule has 1 nitrogen and oxygen atoms in total. The molecule has 0 N–H and O–H groups in total. The zero-order chi connectivity index (χ0) is 7.40. The van der Waals surface area contributed by atoms with Gasteiger partial charge in [0, 0.05) is 0 Å². The minimum Gasteiger partial charge on any atom is -0.391 e. The molecule has 0 aliphatic heterocycles. The zero-order valence-corrected chi connectivity index (χ0v) is 7.22. The first-order valence-corrected chi connectivity index (χ1v) is 3.46. The molecule has 0 aromatic carbocycles. The SMILES string of the molecule is [CH2-]CCc1[c-]nc(C)cc1.[Li+]. The third kappa shape index (κ3) is 3.60. The number of hydrogen-bond acceptors (Lipinski definition) is 1. The molecule has 0 radical (unpaired) electrons. The summed E-state index contributed by atoms with van der Waals surface area (Å²) in [7, 11) is 0. The van der Waals surface area contributed by atoms with Gasteiger partial charge in [0.05, 0.1) is 0 Å². The van der Waals surface area contributed by atoms with Crippen LogP contribution < -0.4 is 18.9 Å². The van der Waals surface area contributed by atoms with Crippen molar-refractivity contribution in [3.63, 3.8) is 0 Å². The molecule has 0 atom stereocenters. The first-order chi connectivity index (χ1) is 4.83. The first kappa shape index (κ1) is 10.7. The molecule has 0 saturated heterocycles. The van der Waals surface area contributed by atoms with Crippen molar-refractivity contribution in [2.45, 2.75) is 19.8 Å². The molecular formula is C9H11LiN-. The van der Waals surface area contributed by atoms with E-state index in [2.05, 4.69) is 18.1 Å². The van der Waals surface area contributed by atoms with Gasteiger partial charge in [0.25, 0.3) is 0 Å². The summed E-state index contributed by atoms with van der Waals surface area (Å²) in [5.41, 5.74) is 2.17. The van der Waals surface area contributed by atoms with Gasteiger partial charge in [-0.1, -0.05) is 25.2 Å². The Hall–Kier alpha value is -0.253. The van der Waals surface area contributed by atoms with E-state index in [1.807, 2.05) is 19.1 Å². The fraction of sp³-hybridized carbons (Fsp3) is 0.333. The maximum atomic E-state index is 4.04. The van der Waals surface area contributed by atoms with Crippen LogP contribution in [0.25, 0.3) is 0 Å². The number of aromatic nitrogens is 1. The van der Waals surface area contributed by atoms with Crippen LogP contribution in [0.1, 0.15) is 17.7 Å². The summed E-state index contributed by atoms with van der Waals surface area (Å²) in [5.74, 6) is 0. The van der Waals surface area contributed by atoms with E-state index in [-0.39, 0.29) is 18.9 Å². The normalized spacial score (nSPS) is 8.91. The van der Waals surface area contributed by atoms with E-state index >= 15 is 0 Å². The zero-order valence-electron chi connectivity index (χ0n) is 7.22. The van der Waals surface area contributed by atoms with Crippen LogP contribution in [0.4, 0.5) is 0 Å². The summed E-state index contributed by atoms with van der Waals surface area (Å²) in [6.07, 6.45) is 4.84. The quantitative estimate of drug-likeness (QED) is 0.378. The molecule has 0 saturated carbocycles. The van der Waals surface area contributed by atoms with Gasteiger partial charge < -0.3 is 11.9 Å². The summed E-state index contributed by atoms with van der Waals surface area (Å²) in [5, 5.41) is 0. The monoisotopic (exact) mass is 140 g/mol. The molecular weight excluding hydrogens is 129 g/mol. The molecule has 1 aromatic rings. The Balaban J connectivity index is 0.000001000. The number of pyridine rings is 1. The molecule has 54 valence electrons. The third-order valence-corrected chi connectivity index (χ3v) is 1.35. The Bertz CT molecular complexity index is 193. The van der Waals surface area contributed by atoms with Gasteiger partial charge in [0.1, 0.15) is 0 Å². The summed E-state index contributed by atoms with van der Waals surface area (Å²) in [6, 6.07) is 4.05. The van der Waals surface area contributed by atoms with Gasteiger partial charge in [-0.25, -0.2) is 0 Å². The molecule has 0 spiro atoms. The molecule has 0 fully saturated rings. The summed E-state index contributed by atoms with van der Waals surface area (Å²) in [6.45, 7) is 5.72. The maximum absolute atomic E-state index is 4.04. The fourth-order valence-corrected chi connectivity index (χ4v) is 0.785. The van der Waals surface area contributed by atoms with Gasteiger partial charge in [-0.05, 0) is 0 Å². The van der Waals surface area contributed by atoms with Crippen molar-refractivity contribution in [1.29, 1.82) is 0 Å².